The van der Waals surface area contributed by atoms with Crippen LogP contribution in [0.15, 0.2) is 24.5 Å². The number of halogens is 3. The van der Waals surface area contributed by atoms with Gasteiger partial charge in [-0.1, -0.05) is 11.6 Å². The molecule has 1 aliphatic rings. The average Bonchev–Trinajstić information content (AvgIpc) is 2.90. The molecule has 3 aromatic rings. The largest absolute Gasteiger partial charge is 0.386 e. The Bertz CT molecular complexity index is 992. The van der Waals surface area contributed by atoms with Crippen LogP contribution in [0.5, 0.6) is 0 Å². The van der Waals surface area contributed by atoms with Crippen molar-refractivity contribution >= 4 is 28.3 Å². The Labute approximate surface area is 152 Å². The van der Waals surface area contributed by atoms with Crippen molar-refractivity contribution in [2.75, 3.05) is 18.0 Å². The van der Waals surface area contributed by atoms with Gasteiger partial charge in [-0.15, -0.1) is 5.10 Å². The molecule has 0 aliphatic carbocycles. The number of fused-ring (bicyclic) bond motifs is 1. The van der Waals surface area contributed by atoms with E-state index in [1.807, 2.05) is 4.90 Å². The number of aliphatic hydroxyl groups is 1. The minimum absolute atomic E-state index is 0.197. The highest BCUT2D eigenvalue weighted by atomic mass is 35.5. The highest BCUT2D eigenvalue weighted by Crippen LogP contribution is 2.34. The molecule has 0 radical (unpaired) electrons. The summed E-state index contributed by atoms with van der Waals surface area (Å²) < 4.78 is 28.6. The zero-order chi connectivity index (χ0) is 18.7. The summed E-state index contributed by atoms with van der Waals surface area (Å²) in [7, 11) is 0. The van der Waals surface area contributed by atoms with Crippen LogP contribution in [0, 0.1) is 0 Å². The Hall–Kier alpha value is -2.39. The van der Waals surface area contributed by atoms with Crippen LogP contribution in [-0.2, 0) is 5.92 Å². The average molecular weight is 381 g/mol. The molecule has 1 N–H and O–H groups in total. The van der Waals surface area contributed by atoms with Crippen LogP contribution >= 0.6 is 11.6 Å². The lowest BCUT2D eigenvalue weighted by Crippen LogP contribution is -2.60. The molecule has 10 heteroatoms. The molecule has 4 rings (SSSR count). The lowest BCUT2D eigenvalue weighted by molar-refractivity contribution is 0.00761. The van der Waals surface area contributed by atoms with Gasteiger partial charge in [0, 0.05) is 44.5 Å². The van der Waals surface area contributed by atoms with Gasteiger partial charge in [-0.25, -0.2) is 19.6 Å². The summed E-state index contributed by atoms with van der Waals surface area (Å²) in [6, 6.07) is 3.09. The molecule has 0 spiro atoms. The van der Waals surface area contributed by atoms with Crippen molar-refractivity contribution in [3.8, 4) is 5.82 Å². The van der Waals surface area contributed by atoms with Gasteiger partial charge in [0.15, 0.2) is 11.6 Å². The zero-order valence-corrected chi connectivity index (χ0v) is 14.7. The van der Waals surface area contributed by atoms with Crippen LogP contribution in [0.4, 0.5) is 14.6 Å². The molecule has 1 fully saturated rings. The first-order chi connectivity index (χ1) is 12.1. The minimum Gasteiger partial charge on any atom is -0.386 e. The van der Waals surface area contributed by atoms with Gasteiger partial charge in [0.1, 0.15) is 5.15 Å². The molecular weight excluding hydrogens is 366 g/mol. The van der Waals surface area contributed by atoms with Gasteiger partial charge in [-0.05, 0) is 6.92 Å². The number of rotatable bonds is 3. The summed E-state index contributed by atoms with van der Waals surface area (Å²) in [4.78, 5) is 13.5. The molecule has 1 saturated heterocycles. The van der Waals surface area contributed by atoms with E-state index in [1.54, 1.807) is 19.2 Å². The Morgan fingerprint density at radius 1 is 1.31 bits per heavy atom. The third-order valence-corrected chi connectivity index (χ3v) is 4.33. The van der Waals surface area contributed by atoms with Crippen molar-refractivity contribution in [1.82, 2.24) is 24.7 Å². The van der Waals surface area contributed by atoms with Crippen LogP contribution in [0.3, 0.4) is 0 Å². The van der Waals surface area contributed by atoms with Gasteiger partial charge in [-0.3, -0.25) is 0 Å². The van der Waals surface area contributed by atoms with Crippen LogP contribution in [0.1, 0.15) is 19.7 Å². The van der Waals surface area contributed by atoms with Gasteiger partial charge >= 0.3 is 5.92 Å². The van der Waals surface area contributed by atoms with Gasteiger partial charge in [-0.2, -0.15) is 8.78 Å². The van der Waals surface area contributed by atoms with E-state index in [0.717, 1.165) is 6.92 Å². The first-order valence-electron chi connectivity index (χ1n) is 7.87. The third kappa shape index (κ3) is 2.86. The quantitative estimate of drug-likeness (QED) is 0.703. The number of nitrogens with zero attached hydrogens (tertiary/aromatic N) is 6. The maximum absolute atomic E-state index is 13.6. The van der Waals surface area contributed by atoms with E-state index in [-0.39, 0.29) is 11.0 Å². The van der Waals surface area contributed by atoms with Crippen LogP contribution in [0.2, 0.25) is 5.15 Å². The van der Waals surface area contributed by atoms with Crippen molar-refractivity contribution in [2.24, 2.45) is 0 Å². The first kappa shape index (κ1) is 17.0. The number of anilines is 1. The molecule has 26 heavy (non-hydrogen) atoms. The van der Waals surface area contributed by atoms with E-state index in [9.17, 15) is 13.9 Å². The molecule has 0 unspecified atom stereocenters. The molecule has 0 aromatic carbocycles. The predicted octanol–water partition coefficient (Wildman–Crippen LogP) is 2.55. The fraction of sp³-hybridized carbons (Fsp3) is 0.375. The second kappa shape index (κ2) is 5.55. The Morgan fingerprint density at radius 3 is 2.69 bits per heavy atom. The number of hydrogen-bond donors (Lipinski definition) is 1. The summed E-state index contributed by atoms with van der Waals surface area (Å²) in [6.07, 6.45) is 2.83. The topological polar surface area (TPSA) is 80.0 Å². The van der Waals surface area contributed by atoms with Crippen LogP contribution in [0.25, 0.3) is 16.7 Å². The second-order valence-corrected chi connectivity index (χ2v) is 7.13. The van der Waals surface area contributed by atoms with Gasteiger partial charge in [0.05, 0.1) is 16.5 Å². The first-order valence-corrected chi connectivity index (χ1v) is 8.25. The van der Waals surface area contributed by atoms with E-state index in [0.29, 0.717) is 29.8 Å². The highest BCUT2D eigenvalue weighted by molar-refractivity contribution is 6.30. The lowest BCUT2D eigenvalue weighted by Gasteiger charge is -2.44. The molecule has 0 atom stereocenters. The standard InChI is InChI=1S/C16H15ClF2N6O/c1-15(26)7-24(8-15)13-9-6-21-11(17)5-10(9)25(23-13)12-3-4-20-14(22-12)16(2,18)19/h3-6,26H,7-8H2,1-2H3. The Kier molecular flexibility index (Phi) is 3.64. The molecule has 7 nitrogen and oxygen atoms in total. The maximum atomic E-state index is 13.6. The van der Waals surface area contributed by atoms with Gasteiger partial charge in [0.25, 0.3) is 0 Å². The summed E-state index contributed by atoms with van der Waals surface area (Å²) in [5, 5.41) is 15.4. The zero-order valence-electron chi connectivity index (χ0n) is 14.0. The number of pyridine rings is 1. The Balaban J connectivity index is 1.87. The molecule has 4 heterocycles. The molecule has 3 aromatic heterocycles. The van der Waals surface area contributed by atoms with E-state index in [4.69, 9.17) is 11.6 Å². The van der Waals surface area contributed by atoms with Crippen LogP contribution in [-0.4, -0.2) is 48.5 Å². The third-order valence-electron chi connectivity index (χ3n) is 4.13. The fourth-order valence-electron chi connectivity index (χ4n) is 2.98. The van der Waals surface area contributed by atoms with Crippen molar-refractivity contribution in [3.05, 3.63) is 35.5 Å². The van der Waals surface area contributed by atoms with Crippen molar-refractivity contribution in [2.45, 2.75) is 25.4 Å². The maximum Gasteiger partial charge on any atom is 0.303 e. The molecule has 0 bridgehead atoms. The van der Waals surface area contributed by atoms with Crippen molar-refractivity contribution in [3.63, 3.8) is 0 Å². The van der Waals surface area contributed by atoms with Gasteiger partial charge in [0.2, 0.25) is 5.82 Å². The molecule has 0 saturated carbocycles. The molecular formula is C16H15ClF2N6O. The van der Waals surface area contributed by atoms with Crippen molar-refractivity contribution < 1.29 is 13.9 Å². The SMILES string of the molecule is CC1(O)CN(c2nn(-c3ccnc(C(C)(F)F)n3)c3cc(Cl)ncc23)C1. The summed E-state index contributed by atoms with van der Waals surface area (Å²) in [5.41, 5.74) is -0.210. The highest BCUT2D eigenvalue weighted by Gasteiger charge is 2.39. The molecule has 136 valence electrons. The number of aromatic nitrogens is 5. The minimum atomic E-state index is -3.17. The van der Waals surface area contributed by atoms with E-state index in [1.165, 1.54) is 16.9 Å². The van der Waals surface area contributed by atoms with E-state index < -0.39 is 17.3 Å². The normalized spacial score (nSPS) is 16.8. The number of β-amino-alcohol motifs (C(OH)–C–C–N with tert-alkyl or cyclic N) is 1. The van der Waals surface area contributed by atoms with E-state index in [2.05, 4.69) is 20.1 Å². The Morgan fingerprint density at radius 2 is 2.04 bits per heavy atom. The lowest BCUT2D eigenvalue weighted by atomic mass is 9.97. The van der Waals surface area contributed by atoms with Gasteiger partial charge < -0.3 is 10.0 Å². The van der Waals surface area contributed by atoms with E-state index >= 15 is 0 Å². The smallest absolute Gasteiger partial charge is 0.303 e. The fourth-order valence-corrected chi connectivity index (χ4v) is 3.13. The summed E-state index contributed by atoms with van der Waals surface area (Å²) in [6.45, 7) is 3.28. The predicted molar refractivity (Wildman–Crippen MR) is 91.9 cm³/mol. The van der Waals surface area contributed by atoms with Crippen LogP contribution < -0.4 is 4.90 Å². The molecule has 0 amide bonds. The molecule has 1 aliphatic heterocycles. The monoisotopic (exact) mass is 380 g/mol. The second-order valence-electron chi connectivity index (χ2n) is 6.74. The van der Waals surface area contributed by atoms with Crippen molar-refractivity contribution in [1.29, 1.82) is 0 Å². The summed E-state index contributed by atoms with van der Waals surface area (Å²) >= 11 is 6.01. The number of hydrogen-bond acceptors (Lipinski definition) is 6. The summed E-state index contributed by atoms with van der Waals surface area (Å²) in [5.74, 6) is -2.98. The number of alkyl halides is 2.